The second kappa shape index (κ2) is 8.97. The lowest BCUT2D eigenvalue weighted by atomic mass is 10.1. The van der Waals surface area contributed by atoms with Gasteiger partial charge in [0.05, 0.1) is 12.8 Å². The summed E-state index contributed by atoms with van der Waals surface area (Å²) in [6.45, 7) is 0.0651. The smallest absolute Gasteiger partial charge is 0.235 e. The minimum absolute atomic E-state index is 0.134. The highest BCUT2D eigenvalue weighted by molar-refractivity contribution is 9.10. The van der Waals surface area contributed by atoms with E-state index in [1.807, 2.05) is 24.3 Å². The number of carbonyl (C=O) groups is 1. The molecule has 0 saturated heterocycles. The van der Waals surface area contributed by atoms with Crippen LogP contribution < -0.4 is 5.32 Å². The molecule has 0 unspecified atom stereocenters. The van der Waals surface area contributed by atoms with E-state index in [1.165, 1.54) is 17.1 Å². The Kier molecular flexibility index (Phi) is 7.25. The summed E-state index contributed by atoms with van der Waals surface area (Å²) in [6, 6.07) is 7.61. The normalized spacial score (nSPS) is 16.8. The number of hydrogen-bond donors (Lipinski definition) is 1. The molecule has 0 bridgehead atoms. The van der Waals surface area contributed by atoms with Gasteiger partial charge in [0, 0.05) is 17.1 Å². The van der Waals surface area contributed by atoms with Crippen molar-refractivity contribution in [1.29, 1.82) is 0 Å². The summed E-state index contributed by atoms with van der Waals surface area (Å²) in [5.74, 6) is -0.218. The first kappa shape index (κ1) is 19.4. The Morgan fingerprint density at radius 2 is 1.75 bits per heavy atom. The lowest BCUT2D eigenvalue weighted by molar-refractivity contribution is -0.122. The first-order valence-corrected chi connectivity index (χ1v) is 11.0. The molecule has 0 heterocycles. The number of amides is 1. The zero-order valence-electron chi connectivity index (χ0n) is 14.0. The van der Waals surface area contributed by atoms with Crippen LogP contribution in [-0.2, 0) is 21.4 Å². The minimum Gasteiger partial charge on any atom is -0.352 e. The Morgan fingerprint density at radius 3 is 2.29 bits per heavy atom. The molecule has 7 heteroatoms. The molecule has 0 spiro atoms. The van der Waals surface area contributed by atoms with Crippen LogP contribution in [0, 0.1) is 0 Å². The van der Waals surface area contributed by atoms with Gasteiger partial charge in [0.1, 0.15) is 0 Å². The molecule has 1 aliphatic rings. The van der Waals surface area contributed by atoms with Crippen molar-refractivity contribution in [2.75, 3.05) is 12.8 Å². The monoisotopic (exact) mass is 416 g/mol. The van der Waals surface area contributed by atoms with Gasteiger partial charge < -0.3 is 5.32 Å². The SMILES string of the molecule is CS(=O)(=O)N(CC(=O)NC1CCCCCC1)Cc1ccc(Br)cc1. The molecule has 0 aromatic heterocycles. The van der Waals surface area contributed by atoms with E-state index in [4.69, 9.17) is 0 Å². The average molecular weight is 417 g/mol. The van der Waals surface area contributed by atoms with Crippen LogP contribution in [0.25, 0.3) is 0 Å². The second-order valence-electron chi connectivity index (χ2n) is 6.41. The van der Waals surface area contributed by atoms with Crippen molar-refractivity contribution in [1.82, 2.24) is 9.62 Å². The Bertz CT molecular complexity index is 638. The predicted octanol–water partition coefficient (Wildman–Crippen LogP) is 3.05. The van der Waals surface area contributed by atoms with E-state index < -0.39 is 10.0 Å². The summed E-state index contributed by atoms with van der Waals surface area (Å²) in [5.41, 5.74) is 0.853. The fourth-order valence-electron chi connectivity index (χ4n) is 2.94. The molecule has 134 valence electrons. The lowest BCUT2D eigenvalue weighted by Gasteiger charge is -2.22. The fraction of sp³-hybridized carbons (Fsp3) is 0.588. The third-order valence-corrected chi connectivity index (χ3v) is 6.01. The van der Waals surface area contributed by atoms with Crippen LogP contribution in [0.4, 0.5) is 0 Å². The van der Waals surface area contributed by atoms with Crippen LogP contribution in [0.2, 0.25) is 0 Å². The molecule has 1 N–H and O–H groups in total. The Labute approximate surface area is 153 Å². The van der Waals surface area contributed by atoms with Gasteiger partial charge in [-0.3, -0.25) is 4.79 Å². The fourth-order valence-corrected chi connectivity index (χ4v) is 3.94. The maximum Gasteiger partial charge on any atom is 0.235 e. The minimum atomic E-state index is -3.46. The third kappa shape index (κ3) is 6.53. The Hall–Kier alpha value is -0.920. The Balaban J connectivity index is 1.97. The number of halogens is 1. The molecular formula is C17H25BrN2O3S. The largest absolute Gasteiger partial charge is 0.352 e. The average Bonchev–Trinajstić information content (AvgIpc) is 2.76. The molecule has 24 heavy (non-hydrogen) atoms. The highest BCUT2D eigenvalue weighted by Crippen LogP contribution is 2.17. The van der Waals surface area contributed by atoms with E-state index in [0.717, 1.165) is 42.0 Å². The molecule has 0 atom stereocenters. The van der Waals surface area contributed by atoms with E-state index in [9.17, 15) is 13.2 Å². The van der Waals surface area contributed by atoms with Gasteiger partial charge in [-0.2, -0.15) is 4.31 Å². The lowest BCUT2D eigenvalue weighted by Crippen LogP contribution is -2.43. The number of nitrogens with one attached hydrogen (secondary N) is 1. The van der Waals surface area contributed by atoms with Crippen molar-refractivity contribution in [2.24, 2.45) is 0 Å². The van der Waals surface area contributed by atoms with Gasteiger partial charge in [-0.25, -0.2) is 8.42 Å². The van der Waals surface area contributed by atoms with E-state index in [2.05, 4.69) is 21.2 Å². The van der Waals surface area contributed by atoms with Gasteiger partial charge in [0.15, 0.2) is 0 Å². The van der Waals surface area contributed by atoms with Crippen molar-refractivity contribution in [3.8, 4) is 0 Å². The molecular weight excluding hydrogens is 392 g/mol. The number of sulfonamides is 1. The van der Waals surface area contributed by atoms with E-state index in [-0.39, 0.29) is 25.0 Å². The second-order valence-corrected chi connectivity index (χ2v) is 9.31. The summed E-state index contributed by atoms with van der Waals surface area (Å²) < 4.78 is 26.2. The highest BCUT2D eigenvalue weighted by atomic mass is 79.9. The standard InChI is InChI=1S/C17H25BrN2O3S/c1-24(22,23)20(12-14-8-10-15(18)11-9-14)13-17(21)19-16-6-4-2-3-5-7-16/h8-11,16H,2-7,12-13H2,1H3,(H,19,21). The first-order valence-electron chi connectivity index (χ1n) is 8.33. The van der Waals surface area contributed by atoms with Gasteiger partial charge in [0.25, 0.3) is 0 Å². The summed E-state index contributed by atoms with van der Waals surface area (Å²) in [4.78, 5) is 12.3. The molecule has 1 amide bonds. The molecule has 1 fully saturated rings. The summed E-state index contributed by atoms with van der Waals surface area (Å²) in [5, 5.41) is 3.00. The number of carbonyl (C=O) groups excluding carboxylic acids is 1. The maximum absolute atomic E-state index is 12.3. The summed E-state index contributed by atoms with van der Waals surface area (Å²) in [7, 11) is -3.46. The van der Waals surface area contributed by atoms with Crippen LogP contribution in [0.1, 0.15) is 44.1 Å². The zero-order chi connectivity index (χ0) is 17.6. The Morgan fingerprint density at radius 1 is 1.17 bits per heavy atom. The summed E-state index contributed by atoms with van der Waals surface area (Å²) in [6.07, 6.45) is 7.79. The van der Waals surface area contributed by atoms with Crippen molar-refractivity contribution in [3.63, 3.8) is 0 Å². The molecule has 5 nitrogen and oxygen atoms in total. The number of nitrogens with zero attached hydrogens (tertiary/aromatic N) is 1. The van der Waals surface area contributed by atoms with Crippen molar-refractivity contribution in [3.05, 3.63) is 34.3 Å². The van der Waals surface area contributed by atoms with Crippen LogP contribution in [0.3, 0.4) is 0 Å². The number of rotatable bonds is 6. The van der Waals surface area contributed by atoms with Crippen LogP contribution in [0.5, 0.6) is 0 Å². The number of benzene rings is 1. The maximum atomic E-state index is 12.3. The molecule has 0 aliphatic heterocycles. The van der Waals surface area contributed by atoms with Crippen molar-refractivity contribution < 1.29 is 13.2 Å². The number of hydrogen-bond acceptors (Lipinski definition) is 3. The van der Waals surface area contributed by atoms with Gasteiger partial charge in [-0.1, -0.05) is 53.7 Å². The quantitative estimate of drug-likeness (QED) is 0.724. The van der Waals surface area contributed by atoms with E-state index >= 15 is 0 Å². The highest BCUT2D eigenvalue weighted by Gasteiger charge is 2.22. The van der Waals surface area contributed by atoms with E-state index in [0.29, 0.717) is 0 Å². The van der Waals surface area contributed by atoms with Crippen molar-refractivity contribution >= 4 is 31.9 Å². The summed E-state index contributed by atoms with van der Waals surface area (Å²) >= 11 is 3.36. The van der Waals surface area contributed by atoms with Gasteiger partial charge in [-0.15, -0.1) is 0 Å². The zero-order valence-corrected chi connectivity index (χ0v) is 16.4. The predicted molar refractivity (Wildman–Crippen MR) is 99.0 cm³/mol. The van der Waals surface area contributed by atoms with Crippen molar-refractivity contribution in [2.45, 2.75) is 51.1 Å². The molecule has 2 rings (SSSR count). The first-order chi connectivity index (χ1) is 11.3. The molecule has 1 saturated carbocycles. The van der Waals surface area contributed by atoms with Gasteiger partial charge in [-0.05, 0) is 30.5 Å². The van der Waals surface area contributed by atoms with E-state index in [1.54, 1.807) is 0 Å². The van der Waals surface area contributed by atoms with Crippen LogP contribution >= 0.6 is 15.9 Å². The van der Waals surface area contributed by atoms with Crippen LogP contribution in [0.15, 0.2) is 28.7 Å². The van der Waals surface area contributed by atoms with Gasteiger partial charge in [0.2, 0.25) is 15.9 Å². The topological polar surface area (TPSA) is 66.5 Å². The molecule has 0 radical (unpaired) electrons. The molecule has 1 aliphatic carbocycles. The molecule has 1 aromatic carbocycles. The molecule has 1 aromatic rings. The van der Waals surface area contributed by atoms with Crippen LogP contribution in [-0.4, -0.2) is 37.5 Å². The third-order valence-electron chi connectivity index (χ3n) is 4.28. The van der Waals surface area contributed by atoms with Gasteiger partial charge >= 0.3 is 0 Å².